The fourth-order valence-electron chi connectivity index (χ4n) is 9.32. The number of hydrogen-bond acceptors (Lipinski definition) is 6. The minimum Gasteiger partial charge on any atom is -0.462 e. The van der Waals surface area contributed by atoms with E-state index in [1.807, 2.05) is 0 Å². The van der Waals surface area contributed by atoms with Gasteiger partial charge in [-0.1, -0.05) is 298 Å². The molecule has 6 heteroatoms. The summed E-state index contributed by atoms with van der Waals surface area (Å²) in [6.45, 7) is 13.8. The highest BCUT2D eigenvalue weighted by molar-refractivity contribution is 5.71. The van der Waals surface area contributed by atoms with Gasteiger partial charge in [0.2, 0.25) is 0 Å². The Kier molecular flexibility index (Phi) is 51.0. The predicted molar refractivity (Wildman–Crippen MR) is 289 cm³/mol. The number of esters is 3. The van der Waals surface area contributed by atoms with Crippen LogP contribution < -0.4 is 0 Å². The Balaban J connectivity index is 4.21. The van der Waals surface area contributed by atoms with Crippen molar-refractivity contribution in [3.8, 4) is 0 Å². The van der Waals surface area contributed by atoms with Gasteiger partial charge in [-0.2, -0.15) is 0 Å². The molecule has 0 radical (unpaired) electrons. The molecule has 67 heavy (non-hydrogen) atoms. The molecule has 0 spiro atoms. The summed E-state index contributed by atoms with van der Waals surface area (Å²) in [4.78, 5) is 38.1. The lowest BCUT2D eigenvalue weighted by molar-refractivity contribution is -0.167. The summed E-state index contributed by atoms with van der Waals surface area (Å²) in [7, 11) is 0. The van der Waals surface area contributed by atoms with Crippen molar-refractivity contribution >= 4 is 17.9 Å². The highest BCUT2D eigenvalue weighted by Crippen LogP contribution is 2.19. The van der Waals surface area contributed by atoms with E-state index in [4.69, 9.17) is 14.2 Å². The van der Waals surface area contributed by atoms with Gasteiger partial charge >= 0.3 is 17.9 Å². The zero-order valence-corrected chi connectivity index (χ0v) is 46.2. The lowest BCUT2D eigenvalue weighted by Crippen LogP contribution is -2.30. The van der Waals surface area contributed by atoms with E-state index in [1.54, 1.807) is 0 Å². The molecule has 0 aliphatic heterocycles. The summed E-state index contributed by atoms with van der Waals surface area (Å²) in [5, 5.41) is 0. The predicted octanol–water partition coefficient (Wildman–Crippen LogP) is 19.9. The molecule has 0 saturated heterocycles. The average Bonchev–Trinajstić information content (AvgIpc) is 3.30. The highest BCUT2D eigenvalue weighted by Gasteiger charge is 2.19. The van der Waals surface area contributed by atoms with Gasteiger partial charge in [-0.25, -0.2) is 0 Å². The van der Waals surface area contributed by atoms with Gasteiger partial charge in [-0.05, 0) is 37.0 Å². The third-order valence-electron chi connectivity index (χ3n) is 14.3. The van der Waals surface area contributed by atoms with Gasteiger partial charge in [0.05, 0.1) is 0 Å². The lowest BCUT2D eigenvalue weighted by Gasteiger charge is -2.18. The summed E-state index contributed by atoms with van der Waals surface area (Å²) in [6, 6.07) is 0. The van der Waals surface area contributed by atoms with Crippen LogP contribution in [0.25, 0.3) is 0 Å². The number of hydrogen-bond donors (Lipinski definition) is 0. The van der Waals surface area contributed by atoms with Crippen LogP contribution in [0.2, 0.25) is 0 Å². The van der Waals surface area contributed by atoms with Gasteiger partial charge in [-0.15, -0.1) is 0 Å². The van der Waals surface area contributed by atoms with E-state index in [0.29, 0.717) is 19.3 Å². The van der Waals surface area contributed by atoms with Gasteiger partial charge in [0.1, 0.15) is 13.2 Å². The maximum atomic E-state index is 12.9. The first kappa shape index (κ1) is 65.4. The largest absolute Gasteiger partial charge is 0.462 e. The fraction of sp³-hybridized carbons (Fsp3) is 0.951. The van der Waals surface area contributed by atoms with Crippen LogP contribution >= 0.6 is 0 Å². The standard InChI is InChI=1S/C61H118O6/c1-7-57(6)49-43-37-33-34-39-45-51-60(63)66-54-58(67-61(64)52-46-40-32-28-24-20-16-12-14-18-22-26-30-36-42-48-56(4)5)53-65-59(62)50-44-38-31-27-23-19-15-11-9-8-10-13-17-21-25-29-35-41-47-55(2)3/h55-58H,7-54H2,1-6H3/t57?,58-/m1/s1. The van der Waals surface area contributed by atoms with Crippen molar-refractivity contribution in [3.05, 3.63) is 0 Å². The van der Waals surface area contributed by atoms with Gasteiger partial charge in [0.25, 0.3) is 0 Å². The summed E-state index contributed by atoms with van der Waals surface area (Å²) >= 11 is 0. The van der Waals surface area contributed by atoms with Crippen LogP contribution in [0.1, 0.15) is 337 Å². The van der Waals surface area contributed by atoms with Crippen molar-refractivity contribution < 1.29 is 28.6 Å². The van der Waals surface area contributed by atoms with Crippen LogP contribution in [-0.4, -0.2) is 37.2 Å². The molecule has 1 unspecified atom stereocenters. The van der Waals surface area contributed by atoms with Crippen molar-refractivity contribution in [2.45, 2.75) is 343 Å². The number of ether oxygens (including phenoxy) is 3. The molecule has 0 aromatic carbocycles. The van der Waals surface area contributed by atoms with Crippen molar-refractivity contribution in [2.24, 2.45) is 17.8 Å². The normalized spacial score (nSPS) is 12.5. The molecule has 0 fully saturated rings. The lowest BCUT2D eigenvalue weighted by atomic mass is 10.00. The molecule has 6 nitrogen and oxygen atoms in total. The Morgan fingerprint density at radius 1 is 0.299 bits per heavy atom. The maximum absolute atomic E-state index is 12.9. The molecule has 2 atom stereocenters. The Morgan fingerprint density at radius 3 is 0.776 bits per heavy atom. The zero-order chi connectivity index (χ0) is 49.1. The second-order valence-electron chi connectivity index (χ2n) is 22.2. The van der Waals surface area contributed by atoms with Crippen LogP contribution in [0.3, 0.4) is 0 Å². The van der Waals surface area contributed by atoms with Crippen LogP contribution in [-0.2, 0) is 28.6 Å². The van der Waals surface area contributed by atoms with E-state index in [2.05, 4.69) is 41.5 Å². The van der Waals surface area contributed by atoms with E-state index in [9.17, 15) is 14.4 Å². The van der Waals surface area contributed by atoms with Gasteiger partial charge in [0.15, 0.2) is 6.10 Å². The minimum absolute atomic E-state index is 0.0639. The summed E-state index contributed by atoms with van der Waals surface area (Å²) < 4.78 is 16.9. The van der Waals surface area contributed by atoms with Crippen LogP contribution in [0.5, 0.6) is 0 Å². The van der Waals surface area contributed by atoms with Crippen molar-refractivity contribution in [2.75, 3.05) is 13.2 Å². The molecule has 0 amide bonds. The van der Waals surface area contributed by atoms with E-state index >= 15 is 0 Å². The molecule has 0 aromatic rings. The number of carbonyl (C=O) groups is 3. The first-order valence-electron chi connectivity index (χ1n) is 30.1. The summed E-state index contributed by atoms with van der Waals surface area (Å²) in [5.41, 5.74) is 0. The first-order valence-corrected chi connectivity index (χ1v) is 30.1. The van der Waals surface area contributed by atoms with Crippen LogP contribution in [0.15, 0.2) is 0 Å². The van der Waals surface area contributed by atoms with Gasteiger partial charge < -0.3 is 14.2 Å². The first-order chi connectivity index (χ1) is 32.6. The van der Waals surface area contributed by atoms with Crippen molar-refractivity contribution in [3.63, 3.8) is 0 Å². The molecule has 0 rings (SSSR count). The van der Waals surface area contributed by atoms with Crippen LogP contribution in [0.4, 0.5) is 0 Å². The second-order valence-corrected chi connectivity index (χ2v) is 22.2. The van der Waals surface area contributed by atoms with Crippen molar-refractivity contribution in [1.29, 1.82) is 0 Å². The summed E-state index contributed by atoms with van der Waals surface area (Å²) in [6.07, 6.45) is 55.4. The second kappa shape index (κ2) is 52.2. The number of rotatable bonds is 54. The Morgan fingerprint density at radius 2 is 0.522 bits per heavy atom. The van der Waals surface area contributed by atoms with E-state index < -0.39 is 6.10 Å². The Hall–Kier alpha value is -1.59. The molecular weight excluding hydrogens is 829 g/mol. The molecule has 0 aromatic heterocycles. The van der Waals surface area contributed by atoms with E-state index in [-0.39, 0.29) is 31.1 Å². The molecule has 0 bridgehead atoms. The van der Waals surface area contributed by atoms with Gasteiger partial charge in [-0.3, -0.25) is 14.4 Å². The highest BCUT2D eigenvalue weighted by atomic mass is 16.6. The van der Waals surface area contributed by atoms with Crippen molar-refractivity contribution in [1.82, 2.24) is 0 Å². The molecule has 0 saturated carbocycles. The minimum atomic E-state index is -0.764. The summed E-state index contributed by atoms with van der Waals surface area (Å²) in [5.74, 6) is 1.68. The van der Waals surface area contributed by atoms with Gasteiger partial charge in [0, 0.05) is 19.3 Å². The third-order valence-corrected chi connectivity index (χ3v) is 14.3. The molecular formula is C61H118O6. The molecule has 0 aliphatic carbocycles. The topological polar surface area (TPSA) is 78.9 Å². The maximum Gasteiger partial charge on any atom is 0.306 e. The molecule has 0 aliphatic rings. The quantitative estimate of drug-likeness (QED) is 0.0343. The number of carbonyl (C=O) groups excluding carboxylic acids is 3. The molecule has 0 N–H and O–H groups in total. The molecule has 0 heterocycles. The Labute approximate surface area is 418 Å². The van der Waals surface area contributed by atoms with E-state index in [0.717, 1.165) is 75.5 Å². The number of unbranched alkanes of at least 4 members (excludes halogenated alkanes) is 36. The SMILES string of the molecule is CCC(C)CCCCCCCCC(=O)OC[C@@H](COC(=O)CCCCCCCCCCCCCCCCCCCCC(C)C)OC(=O)CCCCCCCCCCCCCCCCCC(C)C. The smallest absolute Gasteiger partial charge is 0.306 e. The molecule has 398 valence electrons. The Bertz CT molecular complexity index is 1040. The average molecular weight is 948 g/mol. The third kappa shape index (κ3) is 53.6. The zero-order valence-electron chi connectivity index (χ0n) is 46.2. The fourth-order valence-corrected chi connectivity index (χ4v) is 9.32. The van der Waals surface area contributed by atoms with E-state index in [1.165, 1.54) is 218 Å². The van der Waals surface area contributed by atoms with Crippen LogP contribution in [0, 0.1) is 17.8 Å². The monoisotopic (exact) mass is 947 g/mol.